The van der Waals surface area contributed by atoms with Crippen LogP contribution in [0.3, 0.4) is 0 Å². The second kappa shape index (κ2) is 6.91. The summed E-state index contributed by atoms with van der Waals surface area (Å²) in [7, 11) is 0. The predicted octanol–water partition coefficient (Wildman–Crippen LogP) is 1.70. The van der Waals surface area contributed by atoms with Crippen molar-refractivity contribution in [2.75, 3.05) is 6.54 Å². The molecule has 0 radical (unpaired) electrons. The molecule has 0 bridgehead atoms. The van der Waals surface area contributed by atoms with Gasteiger partial charge >= 0.3 is 0 Å². The zero-order valence-electron chi connectivity index (χ0n) is 13.1. The zero-order chi connectivity index (χ0) is 16.1. The molecule has 1 fully saturated rings. The molecule has 1 aliphatic rings. The predicted molar refractivity (Wildman–Crippen MR) is 85.5 cm³/mol. The largest absolute Gasteiger partial charge is 0.355 e. The maximum Gasteiger partial charge on any atom is 0.228 e. The molecule has 122 valence electrons. The minimum Gasteiger partial charge on any atom is -0.355 e. The Kier molecular flexibility index (Phi) is 4.71. The Bertz CT molecular complexity index is 648. The monoisotopic (exact) mass is 314 g/mol. The maximum atomic E-state index is 11.9. The molecule has 0 unspecified atom stereocenters. The summed E-state index contributed by atoms with van der Waals surface area (Å²) in [5.74, 6) is 1.11. The number of aromatic nitrogens is 2. The summed E-state index contributed by atoms with van der Waals surface area (Å²) in [6, 6.07) is 9.66. The second-order valence-electron chi connectivity index (χ2n) is 6.14. The third-order valence-electron chi connectivity index (χ3n) is 4.28. The van der Waals surface area contributed by atoms with Gasteiger partial charge in [-0.05, 0) is 18.4 Å². The van der Waals surface area contributed by atoms with Crippen LogP contribution >= 0.6 is 0 Å². The number of nitrogens with zero attached hydrogens (tertiary/aromatic N) is 2. The number of nitrogens with two attached hydrogens (primary N) is 1. The van der Waals surface area contributed by atoms with Gasteiger partial charge in [-0.3, -0.25) is 4.79 Å². The highest BCUT2D eigenvalue weighted by Crippen LogP contribution is 2.34. The van der Waals surface area contributed by atoms with Gasteiger partial charge in [-0.1, -0.05) is 48.3 Å². The van der Waals surface area contributed by atoms with Crippen LogP contribution in [0.4, 0.5) is 0 Å². The maximum absolute atomic E-state index is 11.9. The average molecular weight is 314 g/mol. The lowest BCUT2D eigenvalue weighted by molar-refractivity contribution is -0.120. The number of nitrogens with one attached hydrogen (secondary N) is 1. The van der Waals surface area contributed by atoms with E-state index in [9.17, 15) is 4.79 Å². The molecule has 1 amide bonds. The molecule has 0 saturated heterocycles. The molecule has 6 nitrogen and oxygen atoms in total. The molecule has 1 aliphatic carbocycles. The molecular weight excluding hydrogens is 292 g/mol. The van der Waals surface area contributed by atoms with E-state index in [1.807, 2.05) is 30.3 Å². The van der Waals surface area contributed by atoms with Crippen LogP contribution in [0.1, 0.15) is 43.0 Å². The topological polar surface area (TPSA) is 94.0 Å². The van der Waals surface area contributed by atoms with Crippen molar-refractivity contribution in [2.24, 2.45) is 5.73 Å². The van der Waals surface area contributed by atoms with Crippen molar-refractivity contribution in [1.82, 2.24) is 15.5 Å². The first-order chi connectivity index (χ1) is 11.2. The molecule has 1 heterocycles. The fraction of sp³-hybridized carbons (Fsp3) is 0.471. The van der Waals surface area contributed by atoms with Gasteiger partial charge in [0.15, 0.2) is 5.82 Å². The zero-order valence-corrected chi connectivity index (χ0v) is 13.1. The number of hydrogen-bond donors (Lipinski definition) is 2. The number of carbonyl (C=O) groups is 1. The van der Waals surface area contributed by atoms with Gasteiger partial charge in [0.2, 0.25) is 11.8 Å². The van der Waals surface area contributed by atoms with E-state index in [2.05, 4.69) is 15.5 Å². The third-order valence-corrected chi connectivity index (χ3v) is 4.28. The fourth-order valence-electron chi connectivity index (χ4n) is 2.94. The van der Waals surface area contributed by atoms with Crippen molar-refractivity contribution in [1.29, 1.82) is 0 Å². The summed E-state index contributed by atoms with van der Waals surface area (Å²) in [6.07, 6.45) is 4.91. The highest BCUT2D eigenvalue weighted by atomic mass is 16.5. The Balaban J connectivity index is 1.46. The molecule has 1 saturated carbocycles. The van der Waals surface area contributed by atoms with E-state index in [4.69, 9.17) is 10.3 Å². The van der Waals surface area contributed by atoms with E-state index in [1.54, 1.807) is 0 Å². The Labute approximate surface area is 135 Å². The number of amides is 1. The van der Waals surface area contributed by atoms with Crippen molar-refractivity contribution in [2.45, 2.75) is 44.1 Å². The SMILES string of the molecule is NC1(c2noc(CCNC(=O)Cc3ccccc3)n2)CCCC1. The number of benzene rings is 1. The first kappa shape index (κ1) is 15.7. The average Bonchev–Trinajstić information content (AvgIpc) is 3.18. The summed E-state index contributed by atoms with van der Waals surface area (Å²) in [5.41, 5.74) is 6.87. The molecule has 3 N–H and O–H groups in total. The Morgan fingerprint density at radius 3 is 2.74 bits per heavy atom. The quantitative estimate of drug-likeness (QED) is 0.846. The van der Waals surface area contributed by atoms with Crippen LogP contribution in [0.25, 0.3) is 0 Å². The van der Waals surface area contributed by atoms with E-state index in [0.717, 1.165) is 31.2 Å². The van der Waals surface area contributed by atoms with Gasteiger partial charge in [0.05, 0.1) is 12.0 Å². The molecule has 1 aromatic heterocycles. The van der Waals surface area contributed by atoms with Gasteiger partial charge in [-0.2, -0.15) is 4.98 Å². The van der Waals surface area contributed by atoms with Crippen molar-refractivity contribution < 1.29 is 9.32 Å². The van der Waals surface area contributed by atoms with E-state index in [1.165, 1.54) is 0 Å². The summed E-state index contributed by atoms with van der Waals surface area (Å²) < 4.78 is 5.25. The smallest absolute Gasteiger partial charge is 0.228 e. The highest BCUT2D eigenvalue weighted by molar-refractivity contribution is 5.78. The van der Waals surface area contributed by atoms with Crippen LogP contribution in [0.2, 0.25) is 0 Å². The van der Waals surface area contributed by atoms with Crippen molar-refractivity contribution in [3.8, 4) is 0 Å². The van der Waals surface area contributed by atoms with Crippen LogP contribution in [-0.4, -0.2) is 22.6 Å². The molecule has 0 atom stereocenters. The Morgan fingerprint density at radius 2 is 2.00 bits per heavy atom. The first-order valence-electron chi connectivity index (χ1n) is 8.08. The molecule has 1 aromatic carbocycles. The van der Waals surface area contributed by atoms with Gasteiger partial charge in [-0.25, -0.2) is 0 Å². The molecule has 23 heavy (non-hydrogen) atoms. The summed E-state index contributed by atoms with van der Waals surface area (Å²) in [4.78, 5) is 16.3. The minimum absolute atomic E-state index is 0.0120. The lowest BCUT2D eigenvalue weighted by Crippen LogP contribution is -2.34. The molecule has 0 aliphatic heterocycles. The normalized spacial score (nSPS) is 16.4. The summed E-state index contributed by atoms with van der Waals surface area (Å²) in [6.45, 7) is 0.477. The van der Waals surface area contributed by atoms with Gasteiger partial charge in [-0.15, -0.1) is 0 Å². The fourth-order valence-corrected chi connectivity index (χ4v) is 2.94. The second-order valence-corrected chi connectivity index (χ2v) is 6.14. The van der Waals surface area contributed by atoms with Gasteiger partial charge < -0.3 is 15.6 Å². The molecular formula is C17H22N4O2. The van der Waals surface area contributed by atoms with E-state index in [0.29, 0.717) is 31.1 Å². The van der Waals surface area contributed by atoms with Crippen molar-refractivity contribution >= 4 is 5.91 Å². The lowest BCUT2D eigenvalue weighted by atomic mass is 9.99. The van der Waals surface area contributed by atoms with E-state index < -0.39 is 5.54 Å². The highest BCUT2D eigenvalue weighted by Gasteiger charge is 2.35. The van der Waals surface area contributed by atoms with Gasteiger partial charge in [0.1, 0.15) is 0 Å². The molecule has 3 rings (SSSR count). The third kappa shape index (κ3) is 3.96. The number of hydrogen-bond acceptors (Lipinski definition) is 5. The van der Waals surface area contributed by atoms with Crippen LogP contribution in [0.5, 0.6) is 0 Å². The van der Waals surface area contributed by atoms with E-state index >= 15 is 0 Å². The lowest BCUT2D eigenvalue weighted by Gasteiger charge is -2.17. The van der Waals surface area contributed by atoms with Crippen molar-refractivity contribution in [3.63, 3.8) is 0 Å². The van der Waals surface area contributed by atoms with Gasteiger partial charge in [0, 0.05) is 13.0 Å². The van der Waals surface area contributed by atoms with Crippen LogP contribution in [-0.2, 0) is 23.2 Å². The number of carbonyl (C=O) groups excluding carboxylic acids is 1. The standard InChI is InChI=1S/C17H22N4O2/c18-17(9-4-5-10-17)16-20-15(23-21-16)8-11-19-14(22)12-13-6-2-1-3-7-13/h1-3,6-7H,4-5,8-12,18H2,(H,19,22). The van der Waals surface area contributed by atoms with Crippen molar-refractivity contribution in [3.05, 3.63) is 47.6 Å². The number of rotatable bonds is 6. The summed E-state index contributed by atoms with van der Waals surface area (Å²) >= 11 is 0. The molecule has 2 aromatic rings. The van der Waals surface area contributed by atoms with E-state index in [-0.39, 0.29) is 5.91 Å². The first-order valence-corrected chi connectivity index (χ1v) is 8.08. The molecule has 0 spiro atoms. The van der Waals surface area contributed by atoms with Crippen LogP contribution in [0, 0.1) is 0 Å². The molecule has 6 heteroatoms. The van der Waals surface area contributed by atoms with Crippen LogP contribution < -0.4 is 11.1 Å². The minimum atomic E-state index is -0.432. The Morgan fingerprint density at radius 1 is 1.26 bits per heavy atom. The van der Waals surface area contributed by atoms with Gasteiger partial charge in [0.25, 0.3) is 0 Å². The Hall–Kier alpha value is -2.21. The summed E-state index contributed by atoms with van der Waals surface area (Å²) in [5, 5.41) is 6.88. The van der Waals surface area contributed by atoms with Crippen LogP contribution in [0.15, 0.2) is 34.9 Å².